The van der Waals surface area contributed by atoms with Crippen molar-refractivity contribution < 1.29 is 14.3 Å². The number of ketones is 2. The van der Waals surface area contributed by atoms with Crippen molar-refractivity contribution >= 4 is 55.0 Å². The molecular formula is C11H13CaNO3. The van der Waals surface area contributed by atoms with Gasteiger partial charge in [0.25, 0.3) is 0 Å². The van der Waals surface area contributed by atoms with E-state index in [2.05, 4.69) is 0 Å². The van der Waals surface area contributed by atoms with Gasteiger partial charge in [-0.3, -0.25) is 9.59 Å². The number of ether oxygens (including phenoxy) is 1. The SMILES string of the molecule is CC(=O)CC(=O)COc1ccc(N)cc1.[Ca]. The van der Waals surface area contributed by atoms with Gasteiger partial charge in [0, 0.05) is 43.4 Å². The molecule has 0 fully saturated rings. The number of hydrogen-bond acceptors (Lipinski definition) is 4. The fraction of sp³-hybridized carbons (Fsp3) is 0.273. The van der Waals surface area contributed by atoms with Gasteiger partial charge in [0.2, 0.25) is 0 Å². The van der Waals surface area contributed by atoms with Gasteiger partial charge in [-0.1, -0.05) is 0 Å². The van der Waals surface area contributed by atoms with E-state index in [1.165, 1.54) is 6.92 Å². The Hall–Kier alpha value is -0.580. The molecule has 4 nitrogen and oxygen atoms in total. The molecule has 0 heterocycles. The summed E-state index contributed by atoms with van der Waals surface area (Å²) in [5, 5.41) is 0. The van der Waals surface area contributed by atoms with Gasteiger partial charge in [0.1, 0.15) is 18.1 Å². The first-order chi connectivity index (χ1) is 7.08. The molecule has 0 unspecified atom stereocenters. The quantitative estimate of drug-likeness (QED) is 0.475. The largest absolute Gasteiger partial charge is 0.486 e. The minimum atomic E-state index is -0.223. The van der Waals surface area contributed by atoms with Crippen molar-refractivity contribution in [2.75, 3.05) is 12.3 Å². The number of carbonyl (C=O) groups is 2. The second kappa shape index (κ2) is 7.65. The minimum absolute atomic E-state index is 0. The van der Waals surface area contributed by atoms with Crippen LogP contribution < -0.4 is 10.5 Å². The van der Waals surface area contributed by atoms with Gasteiger partial charge in [0.15, 0.2) is 5.78 Å². The van der Waals surface area contributed by atoms with Gasteiger partial charge in [-0.05, 0) is 31.2 Å². The van der Waals surface area contributed by atoms with Crippen molar-refractivity contribution in [1.82, 2.24) is 0 Å². The fourth-order valence-corrected chi connectivity index (χ4v) is 1.06. The molecule has 0 amide bonds. The number of nitrogen functional groups attached to an aromatic ring is 1. The summed E-state index contributed by atoms with van der Waals surface area (Å²) in [6.45, 7) is 1.30. The van der Waals surface area contributed by atoms with Crippen LogP contribution in [0.4, 0.5) is 5.69 Å². The molecule has 82 valence electrons. The normalized spacial score (nSPS) is 9.06. The van der Waals surface area contributed by atoms with E-state index in [1.807, 2.05) is 0 Å². The smallest absolute Gasteiger partial charge is 0.177 e. The molecule has 0 atom stereocenters. The van der Waals surface area contributed by atoms with Gasteiger partial charge in [0.05, 0.1) is 6.42 Å². The summed E-state index contributed by atoms with van der Waals surface area (Å²) in [6, 6.07) is 6.72. The Balaban J connectivity index is 0.00000225. The van der Waals surface area contributed by atoms with Crippen LogP contribution in [0, 0.1) is 0 Å². The number of rotatable bonds is 5. The van der Waals surface area contributed by atoms with E-state index in [-0.39, 0.29) is 62.3 Å². The summed E-state index contributed by atoms with van der Waals surface area (Å²) < 4.78 is 5.17. The van der Waals surface area contributed by atoms with E-state index in [0.717, 1.165) is 0 Å². The summed E-state index contributed by atoms with van der Waals surface area (Å²) >= 11 is 0. The fourth-order valence-electron chi connectivity index (χ4n) is 1.06. The topological polar surface area (TPSA) is 69.4 Å². The molecule has 0 saturated carbocycles. The number of benzene rings is 1. The second-order valence-electron chi connectivity index (χ2n) is 3.28. The Labute approximate surface area is 124 Å². The molecule has 0 aliphatic heterocycles. The first-order valence-corrected chi connectivity index (χ1v) is 4.57. The Morgan fingerprint density at radius 3 is 2.31 bits per heavy atom. The first kappa shape index (κ1) is 15.4. The molecule has 2 N–H and O–H groups in total. The van der Waals surface area contributed by atoms with Crippen LogP contribution in [0.3, 0.4) is 0 Å². The monoisotopic (exact) mass is 247 g/mol. The van der Waals surface area contributed by atoms with E-state index in [0.29, 0.717) is 11.4 Å². The van der Waals surface area contributed by atoms with Crippen molar-refractivity contribution in [2.45, 2.75) is 13.3 Å². The zero-order chi connectivity index (χ0) is 11.3. The van der Waals surface area contributed by atoms with Crippen LogP contribution in [-0.4, -0.2) is 55.9 Å². The second-order valence-corrected chi connectivity index (χ2v) is 3.28. The molecular weight excluding hydrogens is 234 g/mol. The Bertz CT molecular complexity index is 362. The van der Waals surface area contributed by atoms with Crippen molar-refractivity contribution in [2.24, 2.45) is 0 Å². The van der Waals surface area contributed by atoms with Crippen LogP contribution in [0.5, 0.6) is 5.75 Å². The number of nitrogens with two attached hydrogens (primary N) is 1. The number of hydrogen-bond donors (Lipinski definition) is 1. The van der Waals surface area contributed by atoms with Crippen LogP contribution in [0.1, 0.15) is 13.3 Å². The Morgan fingerprint density at radius 1 is 1.25 bits per heavy atom. The maximum atomic E-state index is 11.1. The third-order valence-electron chi connectivity index (χ3n) is 1.73. The number of anilines is 1. The van der Waals surface area contributed by atoms with Crippen molar-refractivity contribution in [3.8, 4) is 5.75 Å². The maximum Gasteiger partial charge on any atom is 0.177 e. The summed E-state index contributed by atoms with van der Waals surface area (Å²) in [5.41, 5.74) is 6.12. The molecule has 0 spiro atoms. The van der Waals surface area contributed by atoms with E-state index in [1.54, 1.807) is 24.3 Å². The molecule has 0 aromatic heterocycles. The summed E-state index contributed by atoms with van der Waals surface area (Å²) in [5.74, 6) is 0.196. The molecule has 0 bridgehead atoms. The molecule has 1 aromatic carbocycles. The molecule has 0 aliphatic rings. The maximum absolute atomic E-state index is 11.1. The number of Topliss-reactive ketones (excluding diaryl/α,β-unsaturated/α-hetero) is 2. The predicted octanol–water partition coefficient (Wildman–Crippen LogP) is 0.815. The van der Waals surface area contributed by atoms with E-state index >= 15 is 0 Å². The van der Waals surface area contributed by atoms with Crippen molar-refractivity contribution in [3.05, 3.63) is 24.3 Å². The van der Waals surface area contributed by atoms with Crippen molar-refractivity contribution in [3.63, 3.8) is 0 Å². The predicted molar refractivity (Wildman–Crippen MR) is 62.4 cm³/mol. The third-order valence-corrected chi connectivity index (χ3v) is 1.73. The van der Waals surface area contributed by atoms with Crippen LogP contribution in [0.25, 0.3) is 0 Å². The van der Waals surface area contributed by atoms with Crippen LogP contribution >= 0.6 is 0 Å². The summed E-state index contributed by atoms with van der Waals surface area (Å²) in [4.78, 5) is 21.7. The molecule has 2 radical (unpaired) electrons. The molecule has 16 heavy (non-hydrogen) atoms. The zero-order valence-corrected chi connectivity index (χ0v) is 11.4. The van der Waals surface area contributed by atoms with E-state index < -0.39 is 0 Å². The van der Waals surface area contributed by atoms with Gasteiger partial charge in [-0.2, -0.15) is 0 Å². The van der Waals surface area contributed by atoms with Gasteiger partial charge >= 0.3 is 0 Å². The van der Waals surface area contributed by atoms with Crippen LogP contribution in [0.2, 0.25) is 0 Å². The molecule has 1 rings (SSSR count). The third kappa shape index (κ3) is 6.10. The standard InChI is InChI=1S/C11H13NO3.Ca/c1-8(13)6-10(14)7-15-11-4-2-9(12)3-5-11;/h2-5H,6-7,12H2,1H3;. The first-order valence-electron chi connectivity index (χ1n) is 4.57. The minimum Gasteiger partial charge on any atom is -0.486 e. The summed E-state index contributed by atoms with van der Waals surface area (Å²) in [6.07, 6.45) is -0.0744. The molecule has 1 aromatic rings. The van der Waals surface area contributed by atoms with Gasteiger partial charge < -0.3 is 10.5 Å². The summed E-state index contributed by atoms with van der Waals surface area (Å²) in [7, 11) is 0. The van der Waals surface area contributed by atoms with Crippen LogP contribution in [0.15, 0.2) is 24.3 Å². The van der Waals surface area contributed by atoms with Crippen molar-refractivity contribution in [1.29, 1.82) is 0 Å². The van der Waals surface area contributed by atoms with E-state index in [9.17, 15) is 9.59 Å². The number of carbonyl (C=O) groups excluding carboxylic acids is 2. The average molecular weight is 247 g/mol. The molecule has 0 saturated heterocycles. The Kier molecular flexibility index (Phi) is 7.38. The average Bonchev–Trinajstić information content (AvgIpc) is 2.16. The van der Waals surface area contributed by atoms with Gasteiger partial charge in [-0.25, -0.2) is 0 Å². The Morgan fingerprint density at radius 2 is 1.81 bits per heavy atom. The van der Waals surface area contributed by atoms with Gasteiger partial charge in [-0.15, -0.1) is 0 Å². The van der Waals surface area contributed by atoms with E-state index in [4.69, 9.17) is 10.5 Å². The molecule has 5 heteroatoms. The molecule has 0 aliphatic carbocycles. The zero-order valence-electron chi connectivity index (χ0n) is 9.23. The van der Waals surface area contributed by atoms with Crippen LogP contribution in [-0.2, 0) is 9.59 Å².